The molecule has 7 nitrogen and oxygen atoms in total. The van der Waals surface area contributed by atoms with E-state index in [1.165, 1.54) is 0 Å². The summed E-state index contributed by atoms with van der Waals surface area (Å²) >= 11 is 0. The first-order chi connectivity index (χ1) is 18.3. The molecule has 0 amide bonds. The fraction of sp³-hybridized carbons (Fsp3) is 0.438. The van der Waals surface area contributed by atoms with Crippen LogP contribution in [0.25, 0.3) is 0 Å². The van der Waals surface area contributed by atoms with Crippen molar-refractivity contribution in [1.29, 1.82) is 0 Å². The average Bonchev–Trinajstić information content (AvgIpc) is 2.82. The van der Waals surface area contributed by atoms with E-state index in [0.717, 1.165) is 28.0 Å². The van der Waals surface area contributed by atoms with Crippen molar-refractivity contribution in [3.05, 3.63) is 86.8 Å². The van der Waals surface area contributed by atoms with Crippen LogP contribution in [0.15, 0.2) is 58.9 Å². The van der Waals surface area contributed by atoms with Crippen molar-refractivity contribution in [2.45, 2.75) is 72.5 Å². The Morgan fingerprint density at radius 2 is 1.79 bits per heavy atom. The molecule has 0 aromatic heterocycles. The van der Waals surface area contributed by atoms with Crippen molar-refractivity contribution < 1.29 is 28.9 Å². The van der Waals surface area contributed by atoms with Crippen molar-refractivity contribution in [3.8, 4) is 5.75 Å². The third kappa shape index (κ3) is 5.74. The highest BCUT2D eigenvalue weighted by atomic mass is 16.5. The van der Waals surface area contributed by atoms with E-state index in [2.05, 4.69) is 19.1 Å². The molecule has 2 aromatic rings. The SMILES string of the molecule is CCOC(=O)C1=C(COC(C)(C)C)N(C)C2=C(C(=O)OC(c3c(C)cc(C)cc3C)C2)C1c1cccc(O)c1. The van der Waals surface area contributed by atoms with Crippen molar-refractivity contribution in [3.63, 3.8) is 0 Å². The topological polar surface area (TPSA) is 85.3 Å². The fourth-order valence-electron chi connectivity index (χ4n) is 5.70. The Morgan fingerprint density at radius 1 is 1.13 bits per heavy atom. The number of rotatable bonds is 6. The zero-order chi connectivity index (χ0) is 28.6. The second-order valence-electron chi connectivity index (χ2n) is 11.3. The van der Waals surface area contributed by atoms with E-state index >= 15 is 0 Å². The molecule has 0 saturated heterocycles. The van der Waals surface area contributed by atoms with Crippen molar-refractivity contribution in [1.82, 2.24) is 4.90 Å². The lowest BCUT2D eigenvalue weighted by atomic mass is 9.77. The fourth-order valence-corrected chi connectivity index (χ4v) is 5.70. The van der Waals surface area contributed by atoms with Crippen LogP contribution in [0.1, 0.15) is 74.0 Å². The summed E-state index contributed by atoms with van der Waals surface area (Å²) in [5.41, 5.74) is 6.50. The Hall–Kier alpha value is -3.58. The molecule has 0 fully saturated rings. The Morgan fingerprint density at radius 3 is 2.38 bits per heavy atom. The number of hydrogen-bond donors (Lipinski definition) is 1. The zero-order valence-corrected chi connectivity index (χ0v) is 24.2. The van der Waals surface area contributed by atoms with Gasteiger partial charge in [-0.15, -0.1) is 0 Å². The Labute approximate surface area is 231 Å². The number of cyclic esters (lactones) is 1. The van der Waals surface area contributed by atoms with Crippen LogP contribution < -0.4 is 0 Å². The Kier molecular flexibility index (Phi) is 7.94. The largest absolute Gasteiger partial charge is 0.508 e. The van der Waals surface area contributed by atoms with Crippen LogP contribution in [0.5, 0.6) is 5.75 Å². The quantitative estimate of drug-likeness (QED) is 0.461. The zero-order valence-electron chi connectivity index (χ0n) is 24.2. The van der Waals surface area contributed by atoms with Gasteiger partial charge in [0.25, 0.3) is 0 Å². The minimum Gasteiger partial charge on any atom is -0.508 e. The molecule has 2 heterocycles. The second-order valence-corrected chi connectivity index (χ2v) is 11.3. The summed E-state index contributed by atoms with van der Waals surface area (Å²) in [7, 11) is 1.86. The van der Waals surface area contributed by atoms with E-state index < -0.39 is 29.6 Å². The Balaban J connectivity index is 1.92. The van der Waals surface area contributed by atoms with Crippen LogP contribution in [0.2, 0.25) is 0 Å². The number of likely N-dealkylation sites (N-methyl/N-ethyl adjacent to an activating group) is 1. The molecule has 2 aliphatic heterocycles. The molecule has 2 unspecified atom stereocenters. The van der Waals surface area contributed by atoms with Crippen LogP contribution >= 0.6 is 0 Å². The highest BCUT2D eigenvalue weighted by molar-refractivity contribution is 6.00. The highest BCUT2D eigenvalue weighted by Gasteiger charge is 2.46. The van der Waals surface area contributed by atoms with Gasteiger partial charge in [0.05, 0.1) is 41.6 Å². The maximum atomic E-state index is 13.9. The summed E-state index contributed by atoms with van der Waals surface area (Å²) in [6.07, 6.45) is -0.0368. The molecule has 0 bridgehead atoms. The minimum atomic E-state index is -0.783. The van der Waals surface area contributed by atoms with Crippen molar-refractivity contribution in [2.75, 3.05) is 20.3 Å². The van der Waals surface area contributed by atoms with Crippen LogP contribution in [-0.4, -0.2) is 47.8 Å². The lowest BCUT2D eigenvalue weighted by molar-refractivity contribution is -0.147. The molecule has 2 atom stereocenters. The summed E-state index contributed by atoms with van der Waals surface area (Å²) in [4.78, 5) is 29.3. The molecular formula is C32H39NO6. The van der Waals surface area contributed by atoms with Gasteiger partial charge in [-0.2, -0.15) is 0 Å². The predicted octanol–water partition coefficient (Wildman–Crippen LogP) is 5.92. The first-order valence-electron chi connectivity index (χ1n) is 13.4. The number of carbonyl (C=O) groups is 2. The third-order valence-electron chi connectivity index (χ3n) is 7.26. The molecule has 2 aromatic carbocycles. The number of phenols is 1. The number of aromatic hydroxyl groups is 1. The van der Waals surface area contributed by atoms with Crippen LogP contribution in [0.3, 0.4) is 0 Å². The standard InChI is InChI=1S/C32H39NO6/c1-9-37-30(35)29-24(17-38-32(5,6)7)33(8)23-16-25(26-19(3)13-18(2)14-20(26)4)39-31(36)28(23)27(29)21-11-10-12-22(34)15-21/h10-15,25,27,34H,9,16-17H2,1-8H3. The smallest absolute Gasteiger partial charge is 0.337 e. The first-order valence-corrected chi connectivity index (χ1v) is 13.4. The van der Waals surface area contributed by atoms with Gasteiger partial charge < -0.3 is 24.2 Å². The molecular weight excluding hydrogens is 494 g/mol. The van der Waals surface area contributed by atoms with E-state index in [9.17, 15) is 14.7 Å². The predicted molar refractivity (Wildman–Crippen MR) is 149 cm³/mol. The lowest BCUT2D eigenvalue weighted by Crippen LogP contribution is -2.40. The van der Waals surface area contributed by atoms with Gasteiger partial charge in [-0.3, -0.25) is 0 Å². The minimum absolute atomic E-state index is 0.0391. The van der Waals surface area contributed by atoms with Gasteiger partial charge in [-0.1, -0.05) is 29.8 Å². The molecule has 0 aliphatic carbocycles. The van der Waals surface area contributed by atoms with Gasteiger partial charge in [-0.05, 0) is 82.9 Å². The molecule has 0 radical (unpaired) electrons. The van der Waals surface area contributed by atoms with E-state index in [-0.39, 0.29) is 19.0 Å². The van der Waals surface area contributed by atoms with Crippen LogP contribution in [0.4, 0.5) is 0 Å². The van der Waals surface area contributed by atoms with Gasteiger partial charge in [-0.25, -0.2) is 9.59 Å². The van der Waals surface area contributed by atoms with E-state index in [0.29, 0.717) is 28.8 Å². The summed E-state index contributed by atoms with van der Waals surface area (Å²) in [5.74, 6) is -1.76. The van der Waals surface area contributed by atoms with E-state index in [1.54, 1.807) is 31.2 Å². The molecule has 2 aliphatic rings. The van der Waals surface area contributed by atoms with Crippen LogP contribution in [0, 0.1) is 20.8 Å². The molecule has 39 heavy (non-hydrogen) atoms. The molecule has 208 valence electrons. The number of ether oxygens (including phenoxy) is 3. The summed E-state index contributed by atoms with van der Waals surface area (Å²) < 4.78 is 17.8. The van der Waals surface area contributed by atoms with Gasteiger partial charge >= 0.3 is 11.9 Å². The normalized spacial score (nSPS) is 19.7. The average molecular weight is 534 g/mol. The number of benzene rings is 2. The summed E-state index contributed by atoms with van der Waals surface area (Å²) in [6.45, 7) is 14.0. The van der Waals surface area contributed by atoms with Gasteiger partial charge in [0, 0.05) is 19.2 Å². The molecule has 4 rings (SSSR count). The maximum absolute atomic E-state index is 13.9. The Bertz CT molecular complexity index is 1340. The summed E-state index contributed by atoms with van der Waals surface area (Å²) in [6, 6.07) is 10.8. The van der Waals surface area contributed by atoms with Crippen molar-refractivity contribution >= 4 is 11.9 Å². The first kappa shape index (κ1) is 28.4. The van der Waals surface area contributed by atoms with Crippen molar-refractivity contribution in [2.24, 2.45) is 0 Å². The maximum Gasteiger partial charge on any atom is 0.337 e. The van der Waals surface area contributed by atoms with E-state index in [4.69, 9.17) is 14.2 Å². The van der Waals surface area contributed by atoms with Gasteiger partial charge in [0.2, 0.25) is 0 Å². The summed E-state index contributed by atoms with van der Waals surface area (Å²) in [5, 5.41) is 10.3. The lowest BCUT2D eigenvalue weighted by Gasteiger charge is -2.42. The van der Waals surface area contributed by atoms with E-state index in [1.807, 2.05) is 46.6 Å². The van der Waals surface area contributed by atoms with Crippen LogP contribution in [-0.2, 0) is 23.8 Å². The second kappa shape index (κ2) is 10.9. The number of hydrogen-bond acceptors (Lipinski definition) is 7. The number of carbonyl (C=O) groups excluding carboxylic acids is 2. The molecule has 0 saturated carbocycles. The third-order valence-corrected chi connectivity index (χ3v) is 7.26. The number of nitrogens with zero attached hydrogens (tertiary/aromatic N) is 1. The van der Waals surface area contributed by atoms with Gasteiger partial charge in [0.1, 0.15) is 11.9 Å². The monoisotopic (exact) mass is 533 g/mol. The number of phenolic OH excluding ortho intramolecular Hbond substituents is 1. The molecule has 0 spiro atoms. The molecule has 7 heteroatoms. The molecule has 1 N–H and O–H groups in total. The van der Waals surface area contributed by atoms with Gasteiger partial charge in [0.15, 0.2) is 0 Å². The number of aryl methyl sites for hydroxylation is 3. The number of esters is 2. The highest BCUT2D eigenvalue weighted by Crippen LogP contribution is 2.49.